The Morgan fingerprint density at radius 1 is 1.60 bits per heavy atom. The molecule has 0 aliphatic carbocycles. The number of aromatic amines is 1. The van der Waals surface area contributed by atoms with Gasteiger partial charge in [-0.2, -0.15) is 5.10 Å². The normalized spacial score (nSPS) is 24.1. The molecule has 0 bridgehead atoms. The molecule has 1 aliphatic heterocycles. The van der Waals surface area contributed by atoms with Crippen LogP contribution in [0, 0.1) is 0 Å². The van der Waals surface area contributed by atoms with Gasteiger partial charge in [-0.05, 0) is 18.9 Å². The van der Waals surface area contributed by atoms with E-state index in [-0.39, 0.29) is 11.4 Å². The minimum Gasteiger partial charge on any atom is -0.476 e. The summed E-state index contributed by atoms with van der Waals surface area (Å²) in [4.78, 5) is 10.6. The first-order chi connectivity index (χ1) is 7.00. The lowest BCUT2D eigenvalue weighted by atomic mass is 10.2. The summed E-state index contributed by atoms with van der Waals surface area (Å²) in [6, 6.07) is 1.29. The van der Waals surface area contributed by atoms with Gasteiger partial charge in [0.1, 0.15) is 5.25 Å². The highest BCUT2D eigenvalue weighted by Gasteiger charge is 2.34. The van der Waals surface area contributed by atoms with E-state index in [1.165, 1.54) is 6.07 Å². The number of rotatable bonds is 2. The molecule has 1 aromatic heterocycles. The molecule has 1 atom stereocenters. The Labute approximate surface area is 86.2 Å². The molecule has 1 fully saturated rings. The molecule has 1 aromatic rings. The van der Waals surface area contributed by atoms with Gasteiger partial charge in [0.05, 0.1) is 11.4 Å². The molecule has 6 nitrogen and oxygen atoms in total. The smallest absolute Gasteiger partial charge is 0.356 e. The molecule has 7 heteroatoms. The molecule has 0 aromatic carbocycles. The summed E-state index contributed by atoms with van der Waals surface area (Å²) in [7, 11) is -3.12. The first-order valence-electron chi connectivity index (χ1n) is 4.51. The molecule has 15 heavy (non-hydrogen) atoms. The number of aromatic carboxylic acids is 1. The fourth-order valence-electron chi connectivity index (χ4n) is 1.75. The average Bonchev–Trinajstić information content (AvgIpc) is 2.69. The van der Waals surface area contributed by atoms with Crippen LogP contribution in [-0.2, 0) is 9.84 Å². The van der Waals surface area contributed by atoms with E-state index < -0.39 is 21.1 Å². The predicted octanol–water partition coefficient (Wildman–Crippen LogP) is 0.358. The van der Waals surface area contributed by atoms with Crippen molar-refractivity contribution in [2.24, 2.45) is 0 Å². The molecular weight excluding hydrogens is 220 g/mol. The second-order valence-electron chi connectivity index (χ2n) is 3.51. The number of sulfone groups is 1. The van der Waals surface area contributed by atoms with Gasteiger partial charge in [-0.25, -0.2) is 13.2 Å². The van der Waals surface area contributed by atoms with Crippen molar-refractivity contribution in [1.29, 1.82) is 0 Å². The highest BCUT2D eigenvalue weighted by Crippen LogP contribution is 2.33. The molecule has 0 spiro atoms. The van der Waals surface area contributed by atoms with Crippen LogP contribution in [-0.4, -0.2) is 35.4 Å². The zero-order valence-electron chi connectivity index (χ0n) is 7.80. The standard InChI is InChI=1S/C8H10N2O4S/c11-8(12)6-4-5(9-10-6)7-2-1-3-15(7,13)14/h4,7H,1-3H2,(H,9,10)(H,11,12). The summed E-state index contributed by atoms with van der Waals surface area (Å²) < 4.78 is 23.1. The second kappa shape index (κ2) is 3.34. The van der Waals surface area contributed by atoms with Crippen LogP contribution in [0.15, 0.2) is 6.07 Å². The van der Waals surface area contributed by atoms with Crippen LogP contribution < -0.4 is 0 Å². The summed E-state index contributed by atoms with van der Waals surface area (Å²) in [5.41, 5.74) is 0.233. The topological polar surface area (TPSA) is 100 Å². The highest BCUT2D eigenvalue weighted by atomic mass is 32.2. The van der Waals surface area contributed by atoms with Crippen molar-refractivity contribution in [2.75, 3.05) is 5.75 Å². The summed E-state index contributed by atoms with van der Waals surface area (Å²) in [5.74, 6) is -0.994. The van der Waals surface area contributed by atoms with Crippen molar-refractivity contribution in [3.8, 4) is 0 Å². The Bertz CT molecular complexity index is 490. The Kier molecular flexibility index (Phi) is 2.26. The minimum absolute atomic E-state index is 0.146. The summed E-state index contributed by atoms with van der Waals surface area (Å²) in [6.45, 7) is 0. The zero-order valence-corrected chi connectivity index (χ0v) is 8.62. The third-order valence-corrected chi connectivity index (χ3v) is 4.71. The molecular formula is C8H10N2O4S. The number of hydrogen-bond acceptors (Lipinski definition) is 4. The van der Waals surface area contributed by atoms with Crippen molar-refractivity contribution >= 4 is 15.8 Å². The molecule has 1 unspecified atom stereocenters. The largest absolute Gasteiger partial charge is 0.476 e. The quantitative estimate of drug-likeness (QED) is 0.763. The number of carboxylic acids is 1. The van der Waals surface area contributed by atoms with E-state index in [1.807, 2.05) is 0 Å². The number of hydrogen-bond donors (Lipinski definition) is 2. The van der Waals surface area contributed by atoms with Crippen LogP contribution in [0.5, 0.6) is 0 Å². The Hall–Kier alpha value is -1.37. The van der Waals surface area contributed by atoms with E-state index in [9.17, 15) is 13.2 Å². The number of carboxylic acid groups (broad SMARTS) is 1. The van der Waals surface area contributed by atoms with Gasteiger partial charge in [0, 0.05) is 0 Å². The van der Waals surface area contributed by atoms with Gasteiger partial charge in [0.2, 0.25) is 0 Å². The number of carbonyl (C=O) groups is 1. The number of nitrogens with zero attached hydrogens (tertiary/aromatic N) is 1. The van der Waals surface area contributed by atoms with Crippen LogP contribution in [0.4, 0.5) is 0 Å². The lowest BCUT2D eigenvalue weighted by Crippen LogP contribution is -2.08. The van der Waals surface area contributed by atoms with Crippen molar-refractivity contribution < 1.29 is 18.3 Å². The van der Waals surface area contributed by atoms with E-state index >= 15 is 0 Å². The lowest BCUT2D eigenvalue weighted by Gasteiger charge is -2.04. The van der Waals surface area contributed by atoms with Crippen LogP contribution in [0.3, 0.4) is 0 Å². The molecule has 2 heterocycles. The number of H-pyrrole nitrogens is 1. The zero-order chi connectivity index (χ0) is 11.1. The summed E-state index contributed by atoms with van der Waals surface area (Å²) >= 11 is 0. The summed E-state index contributed by atoms with van der Waals surface area (Å²) in [5, 5.41) is 14.0. The monoisotopic (exact) mass is 230 g/mol. The predicted molar refractivity (Wildman–Crippen MR) is 51.3 cm³/mol. The van der Waals surface area contributed by atoms with Crippen molar-refractivity contribution in [3.05, 3.63) is 17.5 Å². The van der Waals surface area contributed by atoms with Gasteiger partial charge in [0.15, 0.2) is 15.5 Å². The van der Waals surface area contributed by atoms with E-state index in [0.717, 1.165) is 0 Å². The van der Waals surface area contributed by atoms with Gasteiger partial charge >= 0.3 is 5.97 Å². The molecule has 0 radical (unpaired) electrons. The van der Waals surface area contributed by atoms with Gasteiger partial charge in [0.25, 0.3) is 0 Å². The molecule has 1 saturated heterocycles. The van der Waals surface area contributed by atoms with Gasteiger partial charge in [-0.1, -0.05) is 0 Å². The Morgan fingerprint density at radius 3 is 2.80 bits per heavy atom. The molecule has 2 N–H and O–H groups in total. The molecule has 1 aliphatic rings. The molecule has 0 saturated carbocycles. The fourth-order valence-corrected chi connectivity index (χ4v) is 3.64. The van der Waals surface area contributed by atoms with E-state index in [4.69, 9.17) is 5.11 Å². The van der Waals surface area contributed by atoms with Gasteiger partial charge < -0.3 is 5.11 Å². The van der Waals surface area contributed by atoms with Crippen molar-refractivity contribution in [2.45, 2.75) is 18.1 Å². The highest BCUT2D eigenvalue weighted by molar-refractivity contribution is 7.91. The SMILES string of the molecule is O=C(O)c1cc(C2CCCS2(=O)=O)[nH]n1. The maximum atomic E-state index is 11.5. The van der Waals surface area contributed by atoms with Gasteiger partial charge in [-0.3, -0.25) is 5.10 Å². The lowest BCUT2D eigenvalue weighted by molar-refractivity contribution is 0.0690. The first kappa shape index (κ1) is 10.2. The van der Waals surface area contributed by atoms with Gasteiger partial charge in [-0.15, -0.1) is 0 Å². The van der Waals surface area contributed by atoms with Crippen LogP contribution in [0.25, 0.3) is 0 Å². The third-order valence-electron chi connectivity index (χ3n) is 2.49. The number of nitrogens with one attached hydrogen (secondary N) is 1. The molecule has 0 amide bonds. The molecule has 2 rings (SSSR count). The maximum Gasteiger partial charge on any atom is 0.356 e. The maximum absolute atomic E-state index is 11.5. The first-order valence-corrected chi connectivity index (χ1v) is 6.22. The van der Waals surface area contributed by atoms with Crippen LogP contribution in [0.1, 0.15) is 34.3 Å². The Morgan fingerprint density at radius 2 is 2.33 bits per heavy atom. The van der Waals surface area contributed by atoms with Crippen molar-refractivity contribution in [1.82, 2.24) is 10.2 Å². The number of aromatic nitrogens is 2. The Balaban J connectivity index is 2.34. The minimum atomic E-state index is -3.12. The van der Waals surface area contributed by atoms with Crippen LogP contribution >= 0.6 is 0 Å². The third kappa shape index (κ3) is 1.74. The fraction of sp³-hybridized carbons (Fsp3) is 0.500. The average molecular weight is 230 g/mol. The van der Waals surface area contributed by atoms with E-state index in [2.05, 4.69) is 10.2 Å². The van der Waals surface area contributed by atoms with Crippen LogP contribution in [0.2, 0.25) is 0 Å². The summed E-state index contributed by atoms with van der Waals surface area (Å²) in [6.07, 6.45) is 1.15. The van der Waals surface area contributed by atoms with E-state index in [0.29, 0.717) is 18.5 Å². The molecule has 82 valence electrons. The second-order valence-corrected chi connectivity index (χ2v) is 5.81. The van der Waals surface area contributed by atoms with E-state index in [1.54, 1.807) is 0 Å². The van der Waals surface area contributed by atoms with Crippen molar-refractivity contribution in [3.63, 3.8) is 0 Å².